The molecule has 0 bridgehead atoms. The maximum absolute atomic E-state index is 6.03. The minimum atomic E-state index is 0. The topological polar surface area (TPSA) is 36.2 Å². The van der Waals surface area contributed by atoms with Crippen LogP contribution < -0.4 is 0 Å². The quantitative estimate of drug-likeness (QED) is 0.430. The highest BCUT2D eigenvalue weighted by Crippen LogP contribution is 1.29. The zero-order chi connectivity index (χ0) is 3.41. The van der Waals surface area contributed by atoms with Crippen molar-refractivity contribution in [3.05, 3.63) is 0 Å². The molecule has 0 aliphatic rings. The highest BCUT2D eigenvalue weighted by atomic mass is 127. The molecule has 5 heavy (non-hydrogen) atoms. The first kappa shape index (κ1) is 8.92. The van der Waals surface area contributed by atoms with Crippen molar-refractivity contribution in [2.75, 3.05) is 7.05 Å². The van der Waals surface area contributed by atoms with Crippen molar-refractivity contribution in [2.45, 2.75) is 0 Å². The fourth-order valence-corrected chi connectivity index (χ4v) is 0. The Morgan fingerprint density at radius 1 is 1.80 bits per heavy atom. The minimum absolute atomic E-state index is 0. The fraction of sp³-hybridized carbons (Fsp3) is 0.500. The van der Waals surface area contributed by atoms with Crippen LogP contribution in [0.1, 0.15) is 0 Å². The van der Waals surface area contributed by atoms with E-state index in [-0.39, 0.29) is 24.0 Å². The van der Waals surface area contributed by atoms with Gasteiger partial charge in [0.05, 0.1) is 6.01 Å². The average molecular weight is 184 g/mol. The summed E-state index contributed by atoms with van der Waals surface area (Å²) in [5, 5.41) is 6.03. The molecule has 0 heterocycles. The third kappa shape index (κ3) is 14.9. The molecule has 1 N–H and O–H groups in total. The van der Waals surface area contributed by atoms with Crippen LogP contribution in [0.25, 0.3) is 0 Å². The van der Waals surface area contributed by atoms with E-state index in [1.165, 1.54) is 7.05 Å². The number of nitrogens with one attached hydrogen (secondary N) is 1. The third-order valence-corrected chi connectivity index (χ3v) is 0.112. The first-order chi connectivity index (χ1) is 1.91. The number of halogens is 1. The van der Waals surface area contributed by atoms with E-state index in [9.17, 15) is 0 Å². The van der Waals surface area contributed by atoms with Crippen molar-refractivity contribution < 1.29 is 0 Å². The molecule has 0 saturated carbocycles. The maximum atomic E-state index is 6.03. The Hall–Kier alpha value is 0.110. The molecule has 3 heteroatoms. The molecule has 0 unspecified atom stereocenters. The molecule has 0 aromatic rings. The molecule has 0 aliphatic carbocycles. The van der Waals surface area contributed by atoms with Gasteiger partial charge >= 0.3 is 0 Å². The molecule has 2 nitrogen and oxygen atoms in total. The second-order valence-electron chi connectivity index (χ2n) is 0.335. The Labute approximate surface area is 47.8 Å². The van der Waals surface area contributed by atoms with Gasteiger partial charge in [-0.3, -0.25) is 0 Å². The SMILES string of the molecule is CN=C=N.I. The van der Waals surface area contributed by atoms with Gasteiger partial charge < -0.3 is 0 Å². The smallest absolute Gasteiger partial charge is 0.0859 e. The van der Waals surface area contributed by atoms with E-state index in [2.05, 4.69) is 4.99 Å². The minimum Gasteiger partial charge on any atom is -0.242 e. The molecule has 0 saturated heterocycles. The Balaban J connectivity index is 0. The van der Waals surface area contributed by atoms with Crippen LogP contribution in [0.3, 0.4) is 0 Å². The van der Waals surface area contributed by atoms with E-state index < -0.39 is 0 Å². The van der Waals surface area contributed by atoms with Crippen LogP contribution in [0.5, 0.6) is 0 Å². The lowest BCUT2D eigenvalue weighted by molar-refractivity contribution is 1.43. The van der Waals surface area contributed by atoms with E-state index in [0.717, 1.165) is 0 Å². The highest BCUT2D eigenvalue weighted by Gasteiger charge is 1.23. The van der Waals surface area contributed by atoms with Gasteiger partial charge in [-0.25, -0.2) is 10.4 Å². The Morgan fingerprint density at radius 2 is 2.00 bits per heavy atom. The number of rotatable bonds is 0. The monoisotopic (exact) mass is 184 g/mol. The summed E-state index contributed by atoms with van der Waals surface area (Å²) < 4.78 is 0. The van der Waals surface area contributed by atoms with Gasteiger partial charge in [-0.2, -0.15) is 0 Å². The molecule has 0 rings (SSSR count). The lowest BCUT2D eigenvalue weighted by Crippen LogP contribution is -1.36. The molecule has 0 fully saturated rings. The molecule has 30 valence electrons. The van der Waals surface area contributed by atoms with Gasteiger partial charge in [0.2, 0.25) is 0 Å². The summed E-state index contributed by atoms with van der Waals surface area (Å²) in [4.78, 5) is 3.15. The van der Waals surface area contributed by atoms with Crippen LogP contribution in [-0.2, 0) is 0 Å². The van der Waals surface area contributed by atoms with Crippen LogP contribution in [0, 0.1) is 5.41 Å². The summed E-state index contributed by atoms with van der Waals surface area (Å²) >= 11 is 0. The van der Waals surface area contributed by atoms with Crippen LogP contribution >= 0.6 is 24.0 Å². The van der Waals surface area contributed by atoms with Crippen molar-refractivity contribution in [1.82, 2.24) is 0 Å². The Morgan fingerprint density at radius 3 is 2.00 bits per heavy atom. The maximum Gasteiger partial charge on any atom is 0.0859 e. The molecule has 0 radical (unpaired) electrons. The van der Waals surface area contributed by atoms with Gasteiger partial charge in [-0.1, -0.05) is 0 Å². The van der Waals surface area contributed by atoms with Crippen molar-refractivity contribution in [3.8, 4) is 0 Å². The number of hydrogen-bond acceptors (Lipinski definition) is 2. The van der Waals surface area contributed by atoms with Gasteiger partial charge in [0.15, 0.2) is 0 Å². The fourth-order valence-electron chi connectivity index (χ4n) is 0. The van der Waals surface area contributed by atoms with Crippen LogP contribution in [0.4, 0.5) is 0 Å². The lowest BCUT2D eigenvalue weighted by Gasteiger charge is -1.40. The summed E-state index contributed by atoms with van der Waals surface area (Å²) in [6.45, 7) is 0. The van der Waals surface area contributed by atoms with Gasteiger partial charge in [0.25, 0.3) is 0 Å². The van der Waals surface area contributed by atoms with E-state index in [1.807, 2.05) is 0 Å². The Kier molecular flexibility index (Phi) is 15.9. The van der Waals surface area contributed by atoms with Crippen LogP contribution in [-0.4, -0.2) is 13.1 Å². The molecule has 0 atom stereocenters. The van der Waals surface area contributed by atoms with E-state index in [4.69, 9.17) is 5.41 Å². The first-order valence-corrected chi connectivity index (χ1v) is 0.921. The summed E-state index contributed by atoms with van der Waals surface area (Å²) in [7, 11) is 1.51. The molecular weight excluding hydrogens is 179 g/mol. The van der Waals surface area contributed by atoms with Crippen molar-refractivity contribution in [1.29, 1.82) is 5.41 Å². The molecule has 0 aromatic carbocycles. The molecule has 0 aromatic heterocycles. The van der Waals surface area contributed by atoms with Crippen molar-refractivity contribution in [3.63, 3.8) is 0 Å². The zero-order valence-electron chi connectivity index (χ0n) is 2.86. The standard InChI is InChI=1S/C2H4N2.HI/c1-4-2-3;/h3H,1H3;1H. The lowest BCUT2D eigenvalue weighted by atomic mass is 11.4. The molecular formula is C2H5IN2. The predicted octanol–water partition coefficient (Wildman–Crippen LogP) is 0.987. The van der Waals surface area contributed by atoms with Crippen molar-refractivity contribution >= 4 is 30.0 Å². The third-order valence-electron chi connectivity index (χ3n) is 0.112. The summed E-state index contributed by atoms with van der Waals surface area (Å²) in [5.41, 5.74) is 0. The van der Waals surface area contributed by atoms with Gasteiger partial charge in [0.1, 0.15) is 0 Å². The first-order valence-electron chi connectivity index (χ1n) is 0.921. The highest BCUT2D eigenvalue weighted by molar-refractivity contribution is 14.0. The second kappa shape index (κ2) is 8.93. The van der Waals surface area contributed by atoms with E-state index in [0.29, 0.717) is 0 Å². The van der Waals surface area contributed by atoms with Crippen LogP contribution in [0.15, 0.2) is 4.99 Å². The predicted molar refractivity (Wildman–Crippen MR) is 31.5 cm³/mol. The average Bonchev–Trinajstić information content (AvgIpc) is 1.37. The number of hydrogen-bond donors (Lipinski definition) is 1. The van der Waals surface area contributed by atoms with Gasteiger partial charge in [0, 0.05) is 7.05 Å². The van der Waals surface area contributed by atoms with Gasteiger partial charge in [-0.15, -0.1) is 24.0 Å². The second-order valence-corrected chi connectivity index (χ2v) is 0.335. The van der Waals surface area contributed by atoms with Gasteiger partial charge in [-0.05, 0) is 0 Å². The van der Waals surface area contributed by atoms with Crippen LogP contribution in [0.2, 0.25) is 0 Å². The molecule has 0 amide bonds. The Bertz CT molecular complexity index is 45.6. The molecule has 0 spiro atoms. The number of nitrogens with zero attached hydrogens (tertiary/aromatic N) is 1. The zero-order valence-corrected chi connectivity index (χ0v) is 5.19. The largest absolute Gasteiger partial charge is 0.242 e. The molecule has 0 aliphatic heterocycles. The normalized spacial score (nSPS) is 3.40. The van der Waals surface area contributed by atoms with E-state index >= 15 is 0 Å². The van der Waals surface area contributed by atoms with E-state index in [1.54, 1.807) is 6.01 Å². The van der Waals surface area contributed by atoms with Crippen molar-refractivity contribution in [2.24, 2.45) is 4.99 Å². The summed E-state index contributed by atoms with van der Waals surface area (Å²) in [6, 6.07) is 1.81. The summed E-state index contributed by atoms with van der Waals surface area (Å²) in [5.74, 6) is 0. The summed E-state index contributed by atoms with van der Waals surface area (Å²) in [6.07, 6.45) is 0. The number of aliphatic imine (C=N–C) groups is 1.